The Hall–Kier alpha value is -1.75. The number of carbonyl (C=O) groups excluding carboxylic acids is 2. The highest BCUT2D eigenvalue weighted by molar-refractivity contribution is 6.35. The van der Waals surface area contributed by atoms with Crippen molar-refractivity contribution in [3.8, 4) is 0 Å². The van der Waals surface area contributed by atoms with Crippen LogP contribution in [0.25, 0.3) is 0 Å². The molecule has 3 rings (SSSR count). The first-order chi connectivity index (χ1) is 15.4. The van der Waals surface area contributed by atoms with Gasteiger partial charge in [0, 0.05) is 27.7 Å². The van der Waals surface area contributed by atoms with Gasteiger partial charge in [-0.25, -0.2) is 0 Å². The lowest BCUT2D eigenvalue weighted by atomic mass is 9.95. The molecule has 2 aromatic carbocycles. The van der Waals surface area contributed by atoms with Gasteiger partial charge in [0.05, 0.1) is 6.42 Å². The van der Waals surface area contributed by atoms with Crippen LogP contribution >= 0.6 is 34.8 Å². The molecule has 0 heterocycles. The lowest BCUT2D eigenvalue weighted by Gasteiger charge is -2.33. The molecule has 1 fully saturated rings. The molecule has 7 heteroatoms. The van der Waals surface area contributed by atoms with Crippen molar-refractivity contribution in [1.82, 2.24) is 10.2 Å². The molecule has 0 spiro atoms. The molecule has 1 saturated carbocycles. The van der Waals surface area contributed by atoms with Crippen LogP contribution in [0.3, 0.4) is 0 Å². The van der Waals surface area contributed by atoms with Crippen molar-refractivity contribution < 1.29 is 9.59 Å². The van der Waals surface area contributed by atoms with Crippen molar-refractivity contribution in [3.05, 3.63) is 68.7 Å². The Labute approximate surface area is 205 Å². The third-order valence-electron chi connectivity index (χ3n) is 5.99. The first-order valence-corrected chi connectivity index (χ1v) is 12.3. The Morgan fingerprint density at radius 2 is 1.72 bits per heavy atom. The summed E-state index contributed by atoms with van der Waals surface area (Å²) in [6.45, 7) is 2.14. The molecular weight excluding hydrogens is 467 g/mol. The Bertz CT molecular complexity index is 945. The summed E-state index contributed by atoms with van der Waals surface area (Å²) in [4.78, 5) is 28.3. The summed E-state index contributed by atoms with van der Waals surface area (Å²) in [5, 5.41) is 4.70. The summed E-state index contributed by atoms with van der Waals surface area (Å²) in [6, 6.07) is 12.0. The maximum Gasteiger partial charge on any atom is 0.243 e. The minimum atomic E-state index is -0.598. The number of hydrogen-bond donors (Lipinski definition) is 1. The van der Waals surface area contributed by atoms with Gasteiger partial charge in [-0.05, 0) is 48.6 Å². The molecule has 0 radical (unpaired) electrons. The Balaban J connectivity index is 1.85. The van der Waals surface area contributed by atoms with Crippen molar-refractivity contribution >= 4 is 46.6 Å². The van der Waals surface area contributed by atoms with Crippen molar-refractivity contribution in [2.75, 3.05) is 0 Å². The quantitative estimate of drug-likeness (QED) is 0.458. The third kappa shape index (κ3) is 6.63. The van der Waals surface area contributed by atoms with Crippen LogP contribution in [-0.4, -0.2) is 28.8 Å². The van der Waals surface area contributed by atoms with E-state index in [1.165, 1.54) is 6.42 Å². The van der Waals surface area contributed by atoms with E-state index >= 15 is 0 Å². The van der Waals surface area contributed by atoms with Gasteiger partial charge in [0.2, 0.25) is 11.8 Å². The van der Waals surface area contributed by atoms with Crippen LogP contribution in [0.5, 0.6) is 0 Å². The molecule has 1 N–H and O–H groups in total. The lowest BCUT2D eigenvalue weighted by Crippen LogP contribution is -2.52. The van der Waals surface area contributed by atoms with Gasteiger partial charge in [0.25, 0.3) is 0 Å². The number of rotatable bonds is 8. The van der Waals surface area contributed by atoms with Crippen molar-refractivity contribution in [2.24, 2.45) is 0 Å². The second kappa shape index (κ2) is 11.9. The van der Waals surface area contributed by atoms with Gasteiger partial charge >= 0.3 is 0 Å². The monoisotopic (exact) mass is 494 g/mol. The molecule has 1 atom stereocenters. The van der Waals surface area contributed by atoms with Gasteiger partial charge in [0.1, 0.15) is 6.04 Å². The maximum absolute atomic E-state index is 13.5. The van der Waals surface area contributed by atoms with Crippen molar-refractivity contribution in [2.45, 2.75) is 70.5 Å². The average Bonchev–Trinajstić information content (AvgIpc) is 2.77. The topological polar surface area (TPSA) is 49.4 Å². The highest BCUT2D eigenvalue weighted by Crippen LogP contribution is 2.25. The summed E-state index contributed by atoms with van der Waals surface area (Å²) in [5.41, 5.74) is 1.47. The van der Waals surface area contributed by atoms with Gasteiger partial charge in [0.15, 0.2) is 0 Å². The molecule has 4 nitrogen and oxygen atoms in total. The van der Waals surface area contributed by atoms with E-state index in [0.29, 0.717) is 21.5 Å². The zero-order valence-corrected chi connectivity index (χ0v) is 20.5. The standard InChI is InChI=1S/C25H29Cl3N2O2/c1-2-23(25(32)29-20-9-4-3-5-10-20)30(16-18-12-13-19(26)15-22(18)28)24(31)14-17-8-6-7-11-21(17)27/h6-8,11-13,15,20,23H,2-5,9-10,14,16H2,1H3,(H,29,32). The van der Waals surface area contributed by atoms with Gasteiger partial charge < -0.3 is 10.2 Å². The van der Waals surface area contributed by atoms with Crippen LogP contribution in [0.2, 0.25) is 15.1 Å². The first-order valence-electron chi connectivity index (χ1n) is 11.2. The zero-order chi connectivity index (χ0) is 23.1. The van der Waals surface area contributed by atoms with Gasteiger partial charge in [-0.2, -0.15) is 0 Å². The molecule has 32 heavy (non-hydrogen) atoms. The van der Waals surface area contributed by atoms with Gasteiger partial charge in [-0.15, -0.1) is 0 Å². The number of nitrogens with zero attached hydrogens (tertiary/aromatic N) is 1. The first kappa shape index (κ1) is 24.9. The third-order valence-corrected chi connectivity index (χ3v) is 6.95. The number of amides is 2. The van der Waals surface area contributed by atoms with Crippen LogP contribution in [0, 0.1) is 0 Å². The molecule has 0 aromatic heterocycles. The predicted molar refractivity (Wildman–Crippen MR) is 131 cm³/mol. The van der Waals surface area contributed by atoms with Crippen LogP contribution in [0.1, 0.15) is 56.6 Å². The summed E-state index contributed by atoms with van der Waals surface area (Å²) in [6.07, 6.45) is 6.03. The Morgan fingerprint density at radius 1 is 1.00 bits per heavy atom. The number of halogens is 3. The number of carbonyl (C=O) groups is 2. The van der Waals surface area contributed by atoms with Crippen LogP contribution in [-0.2, 0) is 22.6 Å². The smallest absolute Gasteiger partial charge is 0.243 e. The average molecular weight is 496 g/mol. The summed E-state index contributed by atoms with van der Waals surface area (Å²) in [5.74, 6) is -0.285. The van der Waals surface area contributed by atoms with Gasteiger partial charge in [-0.1, -0.05) is 85.3 Å². The molecule has 0 bridgehead atoms. The SMILES string of the molecule is CCC(C(=O)NC1CCCCC1)N(Cc1ccc(Cl)cc1Cl)C(=O)Cc1ccccc1Cl. The largest absolute Gasteiger partial charge is 0.352 e. The van der Waals surface area contributed by atoms with E-state index in [0.717, 1.165) is 36.8 Å². The van der Waals surface area contributed by atoms with E-state index in [1.54, 1.807) is 29.2 Å². The lowest BCUT2D eigenvalue weighted by molar-refractivity contribution is -0.141. The predicted octanol–water partition coefficient (Wildman–Crippen LogP) is 6.45. The molecule has 2 amide bonds. The van der Waals surface area contributed by atoms with E-state index in [9.17, 15) is 9.59 Å². The van der Waals surface area contributed by atoms with Crippen LogP contribution < -0.4 is 5.32 Å². The molecule has 0 aliphatic heterocycles. The normalized spacial score (nSPS) is 15.2. The fourth-order valence-electron chi connectivity index (χ4n) is 4.20. The molecular formula is C25H29Cl3N2O2. The van der Waals surface area contributed by atoms with Gasteiger partial charge in [-0.3, -0.25) is 9.59 Å². The number of hydrogen-bond acceptors (Lipinski definition) is 2. The molecule has 2 aromatic rings. The Kier molecular flexibility index (Phi) is 9.27. The number of nitrogens with one attached hydrogen (secondary N) is 1. The summed E-state index contributed by atoms with van der Waals surface area (Å²) in [7, 11) is 0. The van der Waals surface area contributed by atoms with Crippen molar-refractivity contribution in [3.63, 3.8) is 0 Å². The van der Waals surface area contributed by atoms with E-state index in [2.05, 4.69) is 5.32 Å². The summed E-state index contributed by atoms with van der Waals surface area (Å²) >= 11 is 18.7. The number of benzene rings is 2. The van der Waals surface area contributed by atoms with E-state index < -0.39 is 6.04 Å². The van der Waals surface area contributed by atoms with Crippen LogP contribution in [0.15, 0.2) is 42.5 Å². The molecule has 1 aliphatic carbocycles. The fraction of sp³-hybridized carbons (Fsp3) is 0.440. The molecule has 1 aliphatic rings. The highest BCUT2D eigenvalue weighted by atomic mass is 35.5. The Morgan fingerprint density at radius 3 is 2.38 bits per heavy atom. The molecule has 1 unspecified atom stereocenters. The van der Waals surface area contributed by atoms with Crippen LogP contribution in [0.4, 0.5) is 0 Å². The second-order valence-corrected chi connectivity index (χ2v) is 9.54. The van der Waals surface area contributed by atoms with E-state index in [1.807, 2.05) is 25.1 Å². The minimum absolute atomic E-state index is 0.109. The minimum Gasteiger partial charge on any atom is -0.352 e. The second-order valence-electron chi connectivity index (χ2n) is 8.29. The summed E-state index contributed by atoms with van der Waals surface area (Å²) < 4.78 is 0. The molecule has 0 saturated heterocycles. The maximum atomic E-state index is 13.5. The van der Waals surface area contributed by atoms with E-state index in [4.69, 9.17) is 34.8 Å². The highest BCUT2D eigenvalue weighted by Gasteiger charge is 2.31. The zero-order valence-electron chi connectivity index (χ0n) is 18.3. The molecule has 172 valence electrons. The van der Waals surface area contributed by atoms with E-state index in [-0.39, 0.29) is 30.8 Å². The van der Waals surface area contributed by atoms with Crippen molar-refractivity contribution in [1.29, 1.82) is 0 Å². The fourth-order valence-corrected chi connectivity index (χ4v) is 4.87.